The zero-order valence-corrected chi connectivity index (χ0v) is 22.2. The lowest BCUT2D eigenvalue weighted by Gasteiger charge is -2.62. The number of esters is 1. The Morgan fingerprint density at radius 2 is 1.75 bits per heavy atom. The van der Waals surface area contributed by atoms with Gasteiger partial charge in [-0.15, -0.1) is 0 Å². The lowest BCUT2D eigenvalue weighted by Crippen LogP contribution is -2.58. The number of aliphatic carboxylic acids is 1. The number of carboxylic acids is 1. The molecule has 0 saturated heterocycles. The van der Waals surface area contributed by atoms with E-state index >= 15 is 0 Å². The van der Waals surface area contributed by atoms with Crippen LogP contribution in [0.1, 0.15) is 85.0 Å². The van der Waals surface area contributed by atoms with Gasteiger partial charge in [0.1, 0.15) is 12.6 Å². The first-order valence-corrected chi connectivity index (χ1v) is 14.1. The number of amides is 1. The number of ether oxygens (including phenoxy) is 1. The lowest BCUT2D eigenvalue weighted by atomic mass is 9.43. The van der Waals surface area contributed by atoms with Crippen LogP contribution in [0.25, 0.3) is 0 Å². The monoisotopic (exact) mass is 506 g/mol. The minimum Gasteiger partial charge on any atom is -0.480 e. The fourth-order valence-electron chi connectivity index (χ4n) is 9.32. The van der Waals surface area contributed by atoms with Gasteiger partial charge < -0.3 is 26.0 Å². The van der Waals surface area contributed by atoms with Crippen molar-refractivity contribution in [3.05, 3.63) is 0 Å². The molecule has 0 heterocycles. The van der Waals surface area contributed by atoms with Crippen molar-refractivity contribution in [2.45, 2.75) is 97.2 Å². The number of aliphatic hydroxyl groups is 1. The first-order valence-electron chi connectivity index (χ1n) is 14.1. The van der Waals surface area contributed by atoms with Crippen molar-refractivity contribution in [2.75, 3.05) is 13.1 Å². The van der Waals surface area contributed by atoms with Crippen molar-refractivity contribution >= 4 is 17.8 Å². The van der Waals surface area contributed by atoms with Crippen LogP contribution >= 0.6 is 0 Å². The maximum absolute atomic E-state index is 12.1. The molecule has 0 radical (unpaired) electrons. The molecule has 0 aromatic heterocycles. The topological polar surface area (TPSA) is 139 Å². The molecule has 204 valence electrons. The van der Waals surface area contributed by atoms with E-state index in [1.807, 2.05) is 0 Å². The average Bonchev–Trinajstić information content (AvgIpc) is 3.19. The molecule has 8 nitrogen and oxygen atoms in total. The van der Waals surface area contributed by atoms with Gasteiger partial charge in [-0.2, -0.15) is 0 Å². The van der Waals surface area contributed by atoms with Crippen molar-refractivity contribution in [2.24, 2.45) is 52.1 Å². The number of fused-ring (bicyclic) bond motifs is 5. The van der Waals surface area contributed by atoms with E-state index in [-0.39, 0.29) is 48.0 Å². The molecule has 1 amide bonds. The van der Waals surface area contributed by atoms with Crippen LogP contribution in [0.5, 0.6) is 0 Å². The van der Waals surface area contributed by atoms with Crippen LogP contribution in [0.15, 0.2) is 0 Å². The van der Waals surface area contributed by atoms with Crippen LogP contribution in [0, 0.1) is 46.3 Å². The highest BCUT2D eigenvalue weighted by atomic mass is 16.5. The first kappa shape index (κ1) is 27.4. The molecule has 4 saturated carbocycles. The Kier molecular flexibility index (Phi) is 8.06. The minimum atomic E-state index is -1.02. The number of rotatable bonds is 8. The second kappa shape index (κ2) is 10.6. The summed E-state index contributed by atoms with van der Waals surface area (Å²) in [5.41, 5.74) is 5.79. The predicted molar refractivity (Wildman–Crippen MR) is 135 cm³/mol. The zero-order chi connectivity index (χ0) is 26.3. The minimum absolute atomic E-state index is 0.0823. The fourth-order valence-corrected chi connectivity index (χ4v) is 9.32. The van der Waals surface area contributed by atoms with E-state index in [2.05, 4.69) is 26.1 Å². The van der Waals surface area contributed by atoms with Gasteiger partial charge >= 0.3 is 11.9 Å². The van der Waals surface area contributed by atoms with E-state index in [1.165, 1.54) is 0 Å². The van der Waals surface area contributed by atoms with Gasteiger partial charge in [-0.1, -0.05) is 20.8 Å². The van der Waals surface area contributed by atoms with Gasteiger partial charge in [0.2, 0.25) is 5.91 Å². The van der Waals surface area contributed by atoms with Crippen LogP contribution < -0.4 is 11.1 Å². The number of nitrogens with two attached hydrogens (primary N) is 1. The molecule has 1 unspecified atom stereocenters. The maximum atomic E-state index is 12.1. The highest BCUT2D eigenvalue weighted by Crippen LogP contribution is 2.68. The van der Waals surface area contributed by atoms with Gasteiger partial charge in [0.15, 0.2) is 0 Å². The van der Waals surface area contributed by atoms with Crippen LogP contribution in [-0.2, 0) is 19.1 Å². The molecule has 0 bridgehead atoms. The van der Waals surface area contributed by atoms with E-state index < -0.39 is 5.97 Å². The van der Waals surface area contributed by atoms with E-state index in [4.69, 9.17) is 15.6 Å². The second-order valence-electron chi connectivity index (χ2n) is 12.8. The number of carbonyl (C=O) groups excluding carboxylic acids is 2. The number of carbonyl (C=O) groups is 3. The summed E-state index contributed by atoms with van der Waals surface area (Å²) in [4.78, 5) is 34.6. The third-order valence-corrected chi connectivity index (χ3v) is 11.1. The Balaban J connectivity index is 1.42. The van der Waals surface area contributed by atoms with E-state index in [0.717, 1.165) is 57.8 Å². The van der Waals surface area contributed by atoms with E-state index in [1.54, 1.807) is 0 Å². The molecule has 0 aromatic carbocycles. The van der Waals surface area contributed by atoms with Crippen LogP contribution in [-0.4, -0.2) is 53.4 Å². The molecule has 8 heteroatoms. The van der Waals surface area contributed by atoms with Crippen LogP contribution in [0.2, 0.25) is 0 Å². The summed E-state index contributed by atoms with van der Waals surface area (Å²) in [6.45, 7) is 6.69. The SMILES string of the molecule is C[C@H](CCC(=O)NCC(=O)O)[C@H]1CC[C@H]2[C@@H]3[C@H](O)CC4C[C@H](OC(=O)CN)CC[C@]4(C)[C@H]3CC[C@]12C. The van der Waals surface area contributed by atoms with Crippen molar-refractivity contribution in [3.63, 3.8) is 0 Å². The third kappa shape index (κ3) is 5.04. The summed E-state index contributed by atoms with van der Waals surface area (Å²) in [6.07, 6.45) is 8.77. The number of aliphatic hydroxyl groups excluding tert-OH is 1. The summed E-state index contributed by atoms with van der Waals surface area (Å²) in [6, 6.07) is 0. The van der Waals surface area contributed by atoms with Crippen molar-refractivity contribution in [1.82, 2.24) is 5.32 Å². The number of hydrogen-bond acceptors (Lipinski definition) is 6. The van der Waals surface area contributed by atoms with Crippen molar-refractivity contribution in [3.8, 4) is 0 Å². The molecule has 4 rings (SSSR count). The largest absolute Gasteiger partial charge is 0.480 e. The Morgan fingerprint density at radius 1 is 1.06 bits per heavy atom. The van der Waals surface area contributed by atoms with Crippen molar-refractivity contribution < 1.29 is 29.3 Å². The van der Waals surface area contributed by atoms with Crippen LogP contribution in [0.3, 0.4) is 0 Å². The predicted octanol–water partition coefficient (Wildman–Crippen LogP) is 3.10. The molecular formula is C28H46N2O6. The molecule has 4 fully saturated rings. The Labute approximate surface area is 215 Å². The number of hydrogen-bond donors (Lipinski definition) is 4. The quantitative estimate of drug-likeness (QED) is 0.371. The third-order valence-electron chi connectivity index (χ3n) is 11.1. The molecule has 0 spiro atoms. The Morgan fingerprint density at radius 3 is 2.44 bits per heavy atom. The average molecular weight is 507 g/mol. The summed E-state index contributed by atoms with van der Waals surface area (Å²) in [5, 5.41) is 22.8. The van der Waals surface area contributed by atoms with E-state index in [9.17, 15) is 19.5 Å². The lowest BCUT2D eigenvalue weighted by molar-refractivity contribution is -0.182. The highest BCUT2D eigenvalue weighted by molar-refractivity contribution is 5.81. The van der Waals surface area contributed by atoms with Gasteiger partial charge in [-0.25, -0.2) is 0 Å². The van der Waals surface area contributed by atoms with E-state index in [0.29, 0.717) is 41.9 Å². The maximum Gasteiger partial charge on any atom is 0.322 e. The molecule has 10 atom stereocenters. The van der Waals surface area contributed by atoms with Gasteiger partial charge in [0, 0.05) is 6.42 Å². The standard InChI is InChI=1S/C28H46N2O6/c1-16(4-7-23(32)30-15-24(33)34)19-5-6-20-26-21(9-11-28(19,20)3)27(2)10-8-18(36-25(35)14-29)12-17(27)13-22(26)31/h16-22,26,31H,4-15,29H2,1-3H3,(H,30,32)(H,33,34)/t16-,17?,18-,19-,20+,21+,22-,26+,27+,28-/m1/s1. The Hall–Kier alpha value is -1.67. The summed E-state index contributed by atoms with van der Waals surface area (Å²) in [5.74, 6) is 0.998. The summed E-state index contributed by atoms with van der Waals surface area (Å²) >= 11 is 0. The summed E-state index contributed by atoms with van der Waals surface area (Å²) < 4.78 is 5.60. The zero-order valence-electron chi connectivity index (χ0n) is 22.2. The molecule has 4 aliphatic carbocycles. The molecule has 5 N–H and O–H groups in total. The van der Waals surface area contributed by atoms with Gasteiger partial charge in [-0.3, -0.25) is 14.4 Å². The number of carboxylic acid groups (broad SMARTS) is 1. The molecule has 36 heavy (non-hydrogen) atoms. The second-order valence-corrected chi connectivity index (χ2v) is 12.8. The van der Waals surface area contributed by atoms with Crippen molar-refractivity contribution in [1.29, 1.82) is 0 Å². The molecule has 0 aromatic rings. The van der Waals surface area contributed by atoms with Gasteiger partial charge in [0.05, 0.1) is 12.6 Å². The normalized spacial score (nSPS) is 42.4. The highest BCUT2D eigenvalue weighted by Gasteiger charge is 2.63. The van der Waals surface area contributed by atoms with Gasteiger partial charge in [-0.05, 0) is 104 Å². The van der Waals surface area contributed by atoms with Crippen LogP contribution in [0.4, 0.5) is 0 Å². The molecular weight excluding hydrogens is 460 g/mol. The number of nitrogens with one attached hydrogen (secondary N) is 1. The van der Waals surface area contributed by atoms with Gasteiger partial charge in [0.25, 0.3) is 0 Å². The summed E-state index contributed by atoms with van der Waals surface area (Å²) in [7, 11) is 0. The smallest absolute Gasteiger partial charge is 0.322 e. The Bertz CT molecular complexity index is 850. The first-order chi connectivity index (χ1) is 17.0. The fraction of sp³-hybridized carbons (Fsp3) is 0.893. The molecule has 4 aliphatic rings. The molecule has 0 aliphatic heterocycles.